The van der Waals surface area contributed by atoms with Gasteiger partial charge in [-0.05, 0) is 32.0 Å². The van der Waals surface area contributed by atoms with Crippen molar-refractivity contribution in [3.8, 4) is 5.69 Å². The van der Waals surface area contributed by atoms with Crippen molar-refractivity contribution in [2.24, 2.45) is 0 Å². The molecule has 1 saturated heterocycles. The first kappa shape index (κ1) is 19.3. The van der Waals surface area contributed by atoms with E-state index < -0.39 is 10.0 Å². The lowest BCUT2D eigenvalue weighted by Gasteiger charge is -2.34. The fraction of sp³-hybridized carbons (Fsp3) is 0.316. The second-order valence-electron chi connectivity index (χ2n) is 6.82. The van der Waals surface area contributed by atoms with Crippen LogP contribution in [0.5, 0.6) is 0 Å². The summed E-state index contributed by atoms with van der Waals surface area (Å²) in [5, 5.41) is 8.22. The highest BCUT2D eigenvalue weighted by atomic mass is 32.2. The second-order valence-corrected chi connectivity index (χ2v) is 8.70. The van der Waals surface area contributed by atoms with Crippen LogP contribution >= 0.6 is 0 Å². The van der Waals surface area contributed by atoms with E-state index in [1.165, 1.54) is 15.1 Å². The molecule has 0 saturated carbocycles. The second kappa shape index (κ2) is 7.45. The van der Waals surface area contributed by atoms with Crippen LogP contribution in [0.15, 0.2) is 56.7 Å². The van der Waals surface area contributed by atoms with Crippen LogP contribution in [0.4, 0.5) is 5.82 Å². The average molecular weight is 415 g/mol. The van der Waals surface area contributed by atoms with Crippen LogP contribution in [0.2, 0.25) is 0 Å². The Morgan fingerprint density at radius 3 is 2.28 bits per heavy atom. The van der Waals surface area contributed by atoms with Crippen LogP contribution in [-0.4, -0.2) is 53.8 Å². The molecule has 0 aliphatic carbocycles. The van der Waals surface area contributed by atoms with Gasteiger partial charge in [-0.25, -0.2) is 8.42 Å². The SMILES string of the molecule is Cc1noc(C)c1S(=O)(=O)N1CCN(c2ccc(=O)n(-c3ccccc3)n2)CC1. The molecule has 10 heteroatoms. The first-order valence-electron chi connectivity index (χ1n) is 9.22. The van der Waals surface area contributed by atoms with E-state index >= 15 is 0 Å². The molecule has 1 aliphatic heterocycles. The minimum Gasteiger partial charge on any atom is -0.360 e. The molecule has 9 nitrogen and oxygen atoms in total. The molecule has 4 rings (SSSR count). The Morgan fingerprint density at radius 1 is 0.966 bits per heavy atom. The van der Waals surface area contributed by atoms with Crippen LogP contribution in [0.1, 0.15) is 11.5 Å². The standard InChI is InChI=1S/C19H21N5O4S/c1-14-19(15(2)28-21-14)29(26,27)23-12-10-22(11-13-23)17-8-9-18(25)24(20-17)16-6-4-3-5-7-16/h3-9H,10-13H2,1-2H3. The Balaban J connectivity index is 1.54. The van der Waals surface area contributed by atoms with Crippen molar-refractivity contribution in [2.75, 3.05) is 31.1 Å². The Hall–Kier alpha value is -2.98. The molecule has 152 valence electrons. The summed E-state index contributed by atoms with van der Waals surface area (Å²) in [6.45, 7) is 4.75. The molecule has 1 fully saturated rings. The van der Waals surface area contributed by atoms with Crippen LogP contribution < -0.4 is 10.5 Å². The number of nitrogens with zero attached hydrogens (tertiary/aromatic N) is 5. The molecule has 29 heavy (non-hydrogen) atoms. The number of rotatable bonds is 4. The highest BCUT2D eigenvalue weighted by Gasteiger charge is 2.33. The lowest BCUT2D eigenvalue weighted by molar-refractivity contribution is 0.377. The molecule has 1 aromatic carbocycles. The van der Waals surface area contributed by atoms with Crippen molar-refractivity contribution >= 4 is 15.8 Å². The van der Waals surface area contributed by atoms with Crippen molar-refractivity contribution in [1.29, 1.82) is 0 Å². The summed E-state index contributed by atoms with van der Waals surface area (Å²) >= 11 is 0. The zero-order valence-electron chi connectivity index (χ0n) is 16.1. The lowest BCUT2D eigenvalue weighted by atomic mass is 10.3. The molecule has 1 aliphatic rings. The third-order valence-corrected chi connectivity index (χ3v) is 7.06. The molecule has 3 heterocycles. The van der Waals surface area contributed by atoms with E-state index in [0.717, 1.165) is 0 Å². The van der Waals surface area contributed by atoms with E-state index in [2.05, 4.69) is 10.3 Å². The summed E-state index contributed by atoms with van der Waals surface area (Å²) < 4.78 is 33.7. The van der Waals surface area contributed by atoms with Gasteiger partial charge >= 0.3 is 0 Å². The lowest BCUT2D eigenvalue weighted by Crippen LogP contribution is -2.49. The smallest absolute Gasteiger partial charge is 0.271 e. The molecule has 0 N–H and O–H groups in total. The zero-order valence-corrected chi connectivity index (χ0v) is 17.0. The topological polar surface area (TPSA) is 102 Å². The van der Waals surface area contributed by atoms with Crippen molar-refractivity contribution < 1.29 is 12.9 Å². The average Bonchev–Trinajstić information content (AvgIpc) is 3.08. The summed E-state index contributed by atoms with van der Waals surface area (Å²) in [5.41, 5.74) is 0.820. The maximum atomic E-state index is 13.0. The van der Waals surface area contributed by atoms with E-state index in [1.807, 2.05) is 35.2 Å². The Labute approximate surface area is 168 Å². The zero-order chi connectivity index (χ0) is 20.6. The van der Waals surface area contributed by atoms with Gasteiger partial charge < -0.3 is 9.42 Å². The fourth-order valence-electron chi connectivity index (χ4n) is 3.45. The van der Waals surface area contributed by atoms with Gasteiger partial charge in [-0.15, -0.1) is 5.10 Å². The molecule has 0 radical (unpaired) electrons. The quantitative estimate of drug-likeness (QED) is 0.634. The third-order valence-electron chi connectivity index (χ3n) is 4.92. The van der Waals surface area contributed by atoms with Crippen LogP contribution in [0.3, 0.4) is 0 Å². The largest absolute Gasteiger partial charge is 0.360 e. The van der Waals surface area contributed by atoms with E-state index in [9.17, 15) is 13.2 Å². The van der Waals surface area contributed by atoms with Gasteiger partial charge in [-0.2, -0.15) is 8.99 Å². The van der Waals surface area contributed by atoms with Crippen LogP contribution in [0, 0.1) is 13.8 Å². The van der Waals surface area contributed by atoms with Gasteiger partial charge in [0.15, 0.2) is 5.76 Å². The number of anilines is 1. The van der Waals surface area contributed by atoms with Gasteiger partial charge in [0.25, 0.3) is 5.56 Å². The maximum Gasteiger partial charge on any atom is 0.271 e. The predicted octanol–water partition coefficient (Wildman–Crippen LogP) is 1.35. The third kappa shape index (κ3) is 3.56. The van der Waals surface area contributed by atoms with Gasteiger partial charge in [0, 0.05) is 32.2 Å². The highest BCUT2D eigenvalue weighted by Crippen LogP contribution is 2.25. The molecular weight excluding hydrogens is 394 g/mol. The summed E-state index contributed by atoms with van der Waals surface area (Å²) in [5.74, 6) is 0.921. The molecule has 0 spiro atoms. The Kier molecular flexibility index (Phi) is 4.97. The number of benzene rings is 1. The molecule has 0 unspecified atom stereocenters. The molecule has 0 amide bonds. The van der Waals surface area contributed by atoms with Crippen LogP contribution in [-0.2, 0) is 10.0 Å². The summed E-state index contributed by atoms with van der Waals surface area (Å²) in [6.07, 6.45) is 0. The van der Waals surface area contributed by atoms with Crippen molar-refractivity contribution in [2.45, 2.75) is 18.7 Å². The number of aryl methyl sites for hydroxylation is 2. The van der Waals surface area contributed by atoms with Gasteiger partial charge in [0.1, 0.15) is 16.4 Å². The first-order chi connectivity index (χ1) is 13.9. The normalized spacial score (nSPS) is 15.6. The van der Waals surface area contributed by atoms with Crippen molar-refractivity contribution in [3.05, 3.63) is 64.3 Å². The summed E-state index contributed by atoms with van der Waals surface area (Å²) in [7, 11) is -3.67. The Morgan fingerprint density at radius 2 is 1.66 bits per heavy atom. The molecule has 2 aromatic heterocycles. The number of para-hydroxylation sites is 1. The van der Waals surface area contributed by atoms with Crippen molar-refractivity contribution in [3.63, 3.8) is 0 Å². The van der Waals surface area contributed by atoms with Gasteiger partial charge in [0.05, 0.1) is 5.69 Å². The molecule has 0 bridgehead atoms. The van der Waals surface area contributed by atoms with E-state index in [1.54, 1.807) is 19.9 Å². The number of piperazine rings is 1. The van der Waals surface area contributed by atoms with Crippen LogP contribution in [0.25, 0.3) is 5.69 Å². The number of hydrogen-bond acceptors (Lipinski definition) is 7. The van der Waals surface area contributed by atoms with E-state index in [0.29, 0.717) is 49.1 Å². The minimum atomic E-state index is -3.67. The number of aromatic nitrogens is 3. The summed E-state index contributed by atoms with van der Waals surface area (Å²) in [4.78, 5) is 14.3. The summed E-state index contributed by atoms with van der Waals surface area (Å²) in [6, 6.07) is 12.3. The van der Waals surface area contributed by atoms with Gasteiger partial charge in [0.2, 0.25) is 10.0 Å². The number of sulfonamides is 1. The van der Waals surface area contributed by atoms with E-state index in [-0.39, 0.29) is 10.5 Å². The maximum absolute atomic E-state index is 13.0. The van der Waals surface area contributed by atoms with Crippen molar-refractivity contribution in [1.82, 2.24) is 19.2 Å². The molecule has 0 atom stereocenters. The highest BCUT2D eigenvalue weighted by molar-refractivity contribution is 7.89. The first-order valence-corrected chi connectivity index (χ1v) is 10.7. The molecular formula is C19H21N5O4S. The monoisotopic (exact) mass is 415 g/mol. The van der Waals surface area contributed by atoms with E-state index in [4.69, 9.17) is 4.52 Å². The fourth-order valence-corrected chi connectivity index (χ4v) is 5.17. The predicted molar refractivity (Wildman–Crippen MR) is 107 cm³/mol. The van der Waals surface area contributed by atoms with Gasteiger partial charge in [-0.1, -0.05) is 23.4 Å². The molecule has 3 aromatic rings. The number of hydrogen-bond donors (Lipinski definition) is 0. The Bertz CT molecular complexity index is 1160. The minimum absolute atomic E-state index is 0.140. The van der Waals surface area contributed by atoms with Gasteiger partial charge in [-0.3, -0.25) is 4.79 Å².